The number of hydrogen-bond acceptors (Lipinski definition) is 13. The summed E-state index contributed by atoms with van der Waals surface area (Å²) in [5.74, 6) is -0.276. The lowest BCUT2D eigenvalue weighted by Crippen LogP contribution is -2.45. The van der Waals surface area contributed by atoms with Crippen LogP contribution in [0.3, 0.4) is 0 Å². The van der Waals surface area contributed by atoms with E-state index in [4.69, 9.17) is 28.4 Å². The van der Waals surface area contributed by atoms with E-state index < -0.39 is 70.2 Å². The first-order chi connectivity index (χ1) is 35.1. The van der Waals surface area contributed by atoms with Crippen molar-refractivity contribution in [3.05, 3.63) is 0 Å². The van der Waals surface area contributed by atoms with Gasteiger partial charge in [-0.05, 0) is 182 Å². The van der Waals surface area contributed by atoms with Gasteiger partial charge in [0.1, 0.15) is 33.6 Å². The highest BCUT2D eigenvalue weighted by molar-refractivity contribution is 5.73. The summed E-state index contributed by atoms with van der Waals surface area (Å²) in [7, 11) is 3.32. The van der Waals surface area contributed by atoms with Gasteiger partial charge >= 0.3 is 36.6 Å². The van der Waals surface area contributed by atoms with Crippen molar-refractivity contribution in [3.8, 4) is 0 Å². The van der Waals surface area contributed by atoms with E-state index in [2.05, 4.69) is 5.32 Å². The molecule has 20 nitrogen and oxygen atoms in total. The number of carbonyl (C=O) groups is 7. The Labute approximate surface area is 465 Å². The summed E-state index contributed by atoms with van der Waals surface area (Å²) in [6.07, 6.45) is 4.31. The Morgan fingerprint density at radius 3 is 0.896 bits per heavy atom. The summed E-state index contributed by atoms with van der Waals surface area (Å²) in [4.78, 5) is 102. The van der Waals surface area contributed by atoms with Crippen LogP contribution in [0.5, 0.6) is 0 Å². The first kappa shape index (κ1) is 72.1. The largest absolute Gasteiger partial charge is 0.444 e. The Kier molecular flexibility index (Phi) is 31.4. The molecule has 0 atom stereocenters. The number of nitrogens with one attached hydrogen (secondary N) is 1. The maximum Gasteiger partial charge on any atom is 0.410 e. The summed E-state index contributed by atoms with van der Waals surface area (Å²) < 4.78 is 34.5. The number of amides is 7. The predicted molar refractivity (Wildman–Crippen MR) is 302 cm³/mol. The standard InChI is InChI=1S/C57H109N7O13/c1-44(65)58-33-25-23-22-24-32-45(42-63(50(70)76-56(14,15)16)38-28-26-36-61(48(68)74-54(8,9)10)40-30-34-59(20)46(66)72-52(2,3)4)43-64(51(71)77-57(17,18)19)39-29-27-37-62(49(69)75-55(11,12)13)41-31-35-60(21)47(67)73-53(5,6)7/h45H,22-43H2,1-21H3,(H,58,65). The highest BCUT2D eigenvalue weighted by Crippen LogP contribution is 2.22. The van der Waals surface area contributed by atoms with Gasteiger partial charge in [-0.25, -0.2) is 28.8 Å². The van der Waals surface area contributed by atoms with Gasteiger partial charge in [0.2, 0.25) is 5.91 Å². The van der Waals surface area contributed by atoms with Crippen LogP contribution < -0.4 is 5.32 Å². The molecule has 0 aliphatic carbocycles. The van der Waals surface area contributed by atoms with Gasteiger partial charge < -0.3 is 63.1 Å². The molecule has 0 aromatic heterocycles. The van der Waals surface area contributed by atoms with Crippen LogP contribution in [0.1, 0.15) is 202 Å². The van der Waals surface area contributed by atoms with E-state index in [1.165, 1.54) is 16.7 Å². The molecular weight excluding hydrogens is 991 g/mol. The molecule has 0 aromatic rings. The molecule has 0 unspecified atom stereocenters. The molecule has 7 amide bonds. The summed E-state index contributed by atoms with van der Waals surface area (Å²) >= 11 is 0. The predicted octanol–water partition coefficient (Wildman–Crippen LogP) is 11.7. The zero-order valence-electron chi connectivity index (χ0n) is 52.1. The van der Waals surface area contributed by atoms with Gasteiger partial charge in [0.25, 0.3) is 0 Å². The topological polar surface area (TPSA) is 206 Å². The lowest BCUT2D eigenvalue weighted by Gasteiger charge is -2.34. The number of unbranched alkanes of at least 4 members (excludes halogenated alkanes) is 5. The quantitative estimate of drug-likeness (QED) is 0.0547. The lowest BCUT2D eigenvalue weighted by atomic mass is 9.98. The van der Waals surface area contributed by atoms with Crippen molar-refractivity contribution in [2.24, 2.45) is 5.92 Å². The highest BCUT2D eigenvalue weighted by atomic mass is 16.6. The van der Waals surface area contributed by atoms with Crippen molar-refractivity contribution in [1.82, 2.24) is 34.7 Å². The molecule has 0 heterocycles. The Bertz CT molecular complexity index is 1680. The van der Waals surface area contributed by atoms with Crippen molar-refractivity contribution in [2.45, 2.75) is 236 Å². The Balaban J connectivity index is 6.67. The smallest absolute Gasteiger partial charge is 0.410 e. The Hall–Kier alpha value is -4.91. The van der Waals surface area contributed by atoms with Crippen LogP contribution in [0.25, 0.3) is 0 Å². The van der Waals surface area contributed by atoms with Gasteiger partial charge in [-0.2, -0.15) is 0 Å². The van der Waals surface area contributed by atoms with E-state index >= 15 is 0 Å². The van der Waals surface area contributed by atoms with Crippen LogP contribution in [-0.2, 0) is 33.2 Å². The second-order valence-electron chi connectivity index (χ2n) is 26.3. The zero-order chi connectivity index (χ0) is 59.6. The third-order valence-corrected chi connectivity index (χ3v) is 10.9. The molecule has 0 saturated carbocycles. The number of rotatable bonds is 29. The van der Waals surface area contributed by atoms with Crippen LogP contribution in [0.4, 0.5) is 28.8 Å². The molecule has 0 radical (unpaired) electrons. The van der Waals surface area contributed by atoms with Crippen LogP contribution in [0.2, 0.25) is 0 Å². The fourth-order valence-electron chi connectivity index (χ4n) is 7.52. The second kappa shape index (κ2) is 33.5. The first-order valence-corrected chi connectivity index (χ1v) is 28.1. The molecule has 0 spiro atoms. The molecule has 0 aromatic carbocycles. The third-order valence-electron chi connectivity index (χ3n) is 10.9. The van der Waals surface area contributed by atoms with Crippen molar-refractivity contribution in [1.29, 1.82) is 0 Å². The van der Waals surface area contributed by atoms with Gasteiger partial charge in [0, 0.05) is 93.0 Å². The molecule has 0 aliphatic heterocycles. The van der Waals surface area contributed by atoms with Gasteiger partial charge in [0.05, 0.1) is 0 Å². The maximum atomic E-state index is 14.1. The molecule has 0 fully saturated rings. The molecular formula is C57H109N7O13. The number of nitrogens with zero attached hydrogens (tertiary/aromatic N) is 6. The molecule has 20 heteroatoms. The molecule has 77 heavy (non-hydrogen) atoms. The van der Waals surface area contributed by atoms with Crippen LogP contribution >= 0.6 is 0 Å². The van der Waals surface area contributed by atoms with E-state index in [-0.39, 0.29) is 24.9 Å². The Morgan fingerprint density at radius 2 is 0.597 bits per heavy atom. The fraction of sp³-hybridized carbons (Fsp3) is 0.877. The monoisotopic (exact) mass is 1100 g/mol. The van der Waals surface area contributed by atoms with E-state index in [1.807, 2.05) is 125 Å². The van der Waals surface area contributed by atoms with Crippen LogP contribution in [-0.4, -0.2) is 192 Å². The van der Waals surface area contributed by atoms with E-state index in [9.17, 15) is 33.6 Å². The van der Waals surface area contributed by atoms with Gasteiger partial charge in [-0.1, -0.05) is 19.3 Å². The first-order valence-electron chi connectivity index (χ1n) is 28.1. The van der Waals surface area contributed by atoms with Crippen LogP contribution in [0, 0.1) is 5.92 Å². The summed E-state index contributed by atoms with van der Waals surface area (Å²) in [6.45, 7) is 37.9. The highest BCUT2D eigenvalue weighted by Gasteiger charge is 2.31. The van der Waals surface area contributed by atoms with Crippen molar-refractivity contribution in [3.63, 3.8) is 0 Å². The molecule has 0 bridgehead atoms. The van der Waals surface area contributed by atoms with Crippen molar-refractivity contribution < 1.29 is 62.0 Å². The normalized spacial score (nSPS) is 12.3. The summed E-state index contributed by atoms with van der Waals surface area (Å²) in [5.41, 5.74) is -4.32. The van der Waals surface area contributed by atoms with Crippen molar-refractivity contribution >= 4 is 42.5 Å². The Morgan fingerprint density at radius 1 is 0.338 bits per heavy atom. The van der Waals surface area contributed by atoms with E-state index in [1.54, 1.807) is 33.7 Å². The van der Waals surface area contributed by atoms with Gasteiger partial charge in [0.15, 0.2) is 0 Å². The average Bonchev–Trinajstić information content (AvgIpc) is 3.22. The zero-order valence-corrected chi connectivity index (χ0v) is 52.1. The average molecular weight is 1100 g/mol. The number of ether oxygens (including phenoxy) is 6. The number of carbonyl (C=O) groups excluding carboxylic acids is 7. The minimum absolute atomic E-state index is 0.0733. The molecule has 450 valence electrons. The summed E-state index contributed by atoms with van der Waals surface area (Å²) in [5, 5.41) is 2.85. The minimum atomic E-state index is -0.789. The van der Waals surface area contributed by atoms with E-state index in [0.29, 0.717) is 104 Å². The maximum absolute atomic E-state index is 14.1. The fourth-order valence-corrected chi connectivity index (χ4v) is 7.52. The lowest BCUT2D eigenvalue weighted by molar-refractivity contribution is -0.119. The third kappa shape index (κ3) is 39.2. The SMILES string of the molecule is CC(=O)NCCCCCCC(CN(CCCCN(CCCN(C)C(=O)OC(C)(C)C)C(=O)OC(C)(C)C)C(=O)OC(C)(C)C)CN(CCCCN(CCCN(C)C(=O)OC(C)(C)C)C(=O)OC(C)(C)C)C(=O)OC(C)(C)C. The minimum Gasteiger partial charge on any atom is -0.444 e. The van der Waals surface area contributed by atoms with Crippen LogP contribution in [0.15, 0.2) is 0 Å². The molecule has 0 saturated heterocycles. The second-order valence-corrected chi connectivity index (χ2v) is 26.3. The molecule has 1 N–H and O–H groups in total. The number of hydrogen-bond donors (Lipinski definition) is 1. The molecule has 0 aliphatic rings. The van der Waals surface area contributed by atoms with Gasteiger partial charge in [-0.3, -0.25) is 4.79 Å². The van der Waals surface area contributed by atoms with Gasteiger partial charge in [-0.15, -0.1) is 0 Å². The summed E-state index contributed by atoms with van der Waals surface area (Å²) in [6, 6.07) is 0. The molecule has 0 rings (SSSR count). The van der Waals surface area contributed by atoms with Crippen molar-refractivity contribution in [2.75, 3.05) is 86.1 Å². The van der Waals surface area contributed by atoms with E-state index in [0.717, 1.165) is 25.7 Å².